The van der Waals surface area contributed by atoms with E-state index < -0.39 is 5.91 Å². The predicted octanol–water partition coefficient (Wildman–Crippen LogP) is 1.77. The fourth-order valence-electron chi connectivity index (χ4n) is 5.01. The lowest BCUT2D eigenvalue weighted by Crippen LogP contribution is -2.42. The van der Waals surface area contributed by atoms with E-state index in [1.54, 1.807) is 6.20 Å². The monoisotopic (exact) mass is 359 g/mol. The average Bonchev–Trinajstić information content (AvgIpc) is 3.38. The van der Waals surface area contributed by atoms with Crippen LogP contribution in [-0.4, -0.2) is 46.3 Å². The molecule has 1 aromatic heterocycles. The molecule has 0 bridgehead atoms. The first-order valence-electron chi connectivity index (χ1n) is 9.99. The maximum absolute atomic E-state index is 12.5. The number of likely N-dealkylation sites (tertiary alicyclic amines) is 1. The summed E-state index contributed by atoms with van der Waals surface area (Å²) in [5, 5.41) is 7.36. The largest absolute Gasteiger partial charge is 0.365 e. The first kappa shape index (κ1) is 17.4. The van der Waals surface area contributed by atoms with E-state index in [1.165, 1.54) is 25.7 Å². The van der Waals surface area contributed by atoms with Crippen molar-refractivity contribution in [2.45, 2.75) is 51.5 Å². The van der Waals surface area contributed by atoms with Crippen LogP contribution in [0.4, 0.5) is 4.79 Å². The number of aromatic nitrogens is 2. The van der Waals surface area contributed by atoms with Crippen molar-refractivity contribution in [2.75, 3.05) is 19.6 Å². The van der Waals surface area contributed by atoms with Gasteiger partial charge in [-0.2, -0.15) is 5.10 Å². The molecular weight excluding hydrogens is 330 g/mol. The lowest BCUT2D eigenvalue weighted by molar-refractivity contribution is 0.0998. The molecule has 1 saturated carbocycles. The fourth-order valence-corrected chi connectivity index (χ4v) is 5.01. The second-order valence-corrected chi connectivity index (χ2v) is 8.18. The van der Waals surface area contributed by atoms with Crippen LogP contribution in [0.1, 0.15) is 54.6 Å². The van der Waals surface area contributed by atoms with Gasteiger partial charge in [0.15, 0.2) is 0 Å². The maximum Gasteiger partial charge on any atom is 0.317 e. The Morgan fingerprint density at radius 1 is 1.15 bits per heavy atom. The number of carbonyl (C=O) groups is 2. The fraction of sp³-hybridized carbons (Fsp3) is 0.737. The molecule has 1 aliphatic carbocycles. The zero-order valence-corrected chi connectivity index (χ0v) is 15.3. The van der Waals surface area contributed by atoms with Crippen LogP contribution in [-0.2, 0) is 13.0 Å². The quantitative estimate of drug-likeness (QED) is 0.858. The van der Waals surface area contributed by atoms with Crippen molar-refractivity contribution < 1.29 is 9.59 Å². The molecule has 2 unspecified atom stereocenters. The summed E-state index contributed by atoms with van der Waals surface area (Å²) in [6, 6.07) is 0.0692. The number of aryl methyl sites for hydroxylation is 1. The van der Waals surface area contributed by atoms with E-state index in [1.807, 2.05) is 9.58 Å². The molecule has 3 aliphatic rings. The lowest BCUT2D eigenvalue weighted by Gasteiger charge is -2.26. The molecule has 7 nitrogen and oxygen atoms in total. The average molecular weight is 359 g/mol. The van der Waals surface area contributed by atoms with Crippen LogP contribution in [0.25, 0.3) is 0 Å². The smallest absolute Gasteiger partial charge is 0.317 e. The Balaban J connectivity index is 1.27. The molecule has 2 fully saturated rings. The van der Waals surface area contributed by atoms with Crippen molar-refractivity contribution in [3.05, 3.63) is 17.5 Å². The Morgan fingerprint density at radius 3 is 2.73 bits per heavy atom. The third-order valence-corrected chi connectivity index (χ3v) is 6.57. The summed E-state index contributed by atoms with van der Waals surface area (Å²) in [6.45, 7) is 3.22. The molecule has 0 radical (unpaired) electrons. The van der Waals surface area contributed by atoms with Crippen LogP contribution in [0.5, 0.6) is 0 Å². The van der Waals surface area contributed by atoms with Gasteiger partial charge in [-0.3, -0.25) is 9.48 Å². The van der Waals surface area contributed by atoms with Gasteiger partial charge in [0, 0.05) is 26.2 Å². The Bertz CT molecular complexity index is 679. The van der Waals surface area contributed by atoms with Crippen LogP contribution < -0.4 is 11.1 Å². The molecule has 1 aromatic rings. The van der Waals surface area contributed by atoms with Crippen molar-refractivity contribution in [2.24, 2.45) is 23.5 Å². The zero-order valence-electron chi connectivity index (χ0n) is 15.3. The van der Waals surface area contributed by atoms with E-state index in [-0.39, 0.29) is 6.03 Å². The second kappa shape index (κ2) is 7.29. The zero-order chi connectivity index (χ0) is 18.1. The van der Waals surface area contributed by atoms with Gasteiger partial charge in [0.2, 0.25) is 0 Å². The number of carbonyl (C=O) groups excluding carboxylic acids is 2. The van der Waals surface area contributed by atoms with Crippen molar-refractivity contribution in [3.8, 4) is 0 Å². The van der Waals surface area contributed by atoms with Gasteiger partial charge in [-0.15, -0.1) is 0 Å². The molecule has 3 heterocycles. The van der Waals surface area contributed by atoms with Crippen LogP contribution in [0.15, 0.2) is 6.20 Å². The van der Waals surface area contributed by atoms with Crippen LogP contribution >= 0.6 is 0 Å². The highest BCUT2D eigenvalue weighted by Crippen LogP contribution is 2.36. The van der Waals surface area contributed by atoms with E-state index >= 15 is 0 Å². The summed E-state index contributed by atoms with van der Waals surface area (Å²) in [4.78, 5) is 26.0. The molecular formula is C19H29N5O2. The number of amides is 3. The molecule has 3 N–H and O–H groups in total. The Morgan fingerprint density at radius 2 is 1.96 bits per heavy atom. The van der Waals surface area contributed by atoms with Crippen molar-refractivity contribution in [1.29, 1.82) is 0 Å². The van der Waals surface area contributed by atoms with E-state index in [9.17, 15) is 9.59 Å². The summed E-state index contributed by atoms with van der Waals surface area (Å²) in [7, 11) is 0. The van der Waals surface area contributed by atoms with Gasteiger partial charge in [0.05, 0.1) is 17.5 Å². The summed E-state index contributed by atoms with van der Waals surface area (Å²) in [5.41, 5.74) is 6.85. The van der Waals surface area contributed by atoms with E-state index in [2.05, 4.69) is 10.4 Å². The standard InChI is InChI=1S/C19H29N5O2/c20-18(25)16-11-22-24-8-5-13(9-17(16)24)10-21-19(26)23-7-6-15(12-23)14-3-1-2-4-14/h11,13-15H,1-10,12H2,(H2,20,25)(H,21,26). The highest BCUT2D eigenvalue weighted by atomic mass is 16.2. The highest BCUT2D eigenvalue weighted by molar-refractivity contribution is 5.93. The van der Waals surface area contributed by atoms with Gasteiger partial charge < -0.3 is 16.0 Å². The summed E-state index contributed by atoms with van der Waals surface area (Å²) >= 11 is 0. The molecule has 0 spiro atoms. The van der Waals surface area contributed by atoms with Gasteiger partial charge in [-0.1, -0.05) is 25.7 Å². The number of primary amides is 1. The van der Waals surface area contributed by atoms with Gasteiger partial charge >= 0.3 is 6.03 Å². The Kier molecular flexibility index (Phi) is 4.87. The summed E-state index contributed by atoms with van der Waals surface area (Å²) in [6.07, 6.45) is 9.82. The van der Waals surface area contributed by atoms with Gasteiger partial charge in [-0.25, -0.2) is 4.79 Å². The molecule has 26 heavy (non-hydrogen) atoms. The number of hydrogen-bond donors (Lipinski definition) is 2. The Labute approximate surface area is 154 Å². The number of fused-ring (bicyclic) bond motifs is 1. The molecule has 4 rings (SSSR count). The van der Waals surface area contributed by atoms with Gasteiger partial charge in [0.1, 0.15) is 0 Å². The number of nitrogens with two attached hydrogens (primary N) is 1. The minimum Gasteiger partial charge on any atom is -0.365 e. The number of urea groups is 1. The van der Waals surface area contributed by atoms with Crippen LogP contribution in [0, 0.1) is 17.8 Å². The van der Waals surface area contributed by atoms with Gasteiger partial charge in [0.25, 0.3) is 5.91 Å². The summed E-state index contributed by atoms with van der Waals surface area (Å²) < 4.78 is 1.87. The molecule has 2 atom stereocenters. The minimum atomic E-state index is -0.425. The number of nitrogens with zero attached hydrogens (tertiary/aromatic N) is 3. The van der Waals surface area contributed by atoms with Crippen molar-refractivity contribution in [3.63, 3.8) is 0 Å². The highest BCUT2D eigenvalue weighted by Gasteiger charge is 2.33. The summed E-state index contributed by atoms with van der Waals surface area (Å²) in [5.74, 6) is 1.43. The van der Waals surface area contributed by atoms with Gasteiger partial charge in [-0.05, 0) is 37.0 Å². The molecule has 0 aromatic carbocycles. The minimum absolute atomic E-state index is 0.0692. The third-order valence-electron chi connectivity index (χ3n) is 6.57. The molecule has 3 amide bonds. The molecule has 2 aliphatic heterocycles. The van der Waals surface area contributed by atoms with Crippen molar-refractivity contribution >= 4 is 11.9 Å². The first-order chi connectivity index (χ1) is 12.6. The van der Waals surface area contributed by atoms with Crippen molar-refractivity contribution in [1.82, 2.24) is 20.0 Å². The lowest BCUT2D eigenvalue weighted by atomic mass is 9.90. The number of hydrogen-bond acceptors (Lipinski definition) is 3. The van der Waals surface area contributed by atoms with E-state index in [4.69, 9.17) is 5.73 Å². The van der Waals surface area contributed by atoms with Crippen LogP contribution in [0.2, 0.25) is 0 Å². The maximum atomic E-state index is 12.5. The number of rotatable bonds is 4. The topological polar surface area (TPSA) is 93.2 Å². The SMILES string of the molecule is NC(=O)c1cnn2c1CC(CNC(=O)N1CCC(C3CCCC3)C1)CC2. The predicted molar refractivity (Wildman–Crippen MR) is 97.6 cm³/mol. The first-order valence-corrected chi connectivity index (χ1v) is 9.99. The second-order valence-electron chi connectivity index (χ2n) is 8.18. The molecule has 1 saturated heterocycles. The van der Waals surface area contributed by atoms with E-state index in [0.29, 0.717) is 23.9 Å². The third kappa shape index (κ3) is 3.44. The van der Waals surface area contributed by atoms with Crippen LogP contribution in [0.3, 0.4) is 0 Å². The number of nitrogens with one attached hydrogen (secondary N) is 1. The Hall–Kier alpha value is -2.05. The molecule has 7 heteroatoms. The normalized spacial score (nSPS) is 26.1. The van der Waals surface area contributed by atoms with E-state index in [0.717, 1.165) is 50.5 Å². The molecule has 142 valence electrons.